The lowest BCUT2D eigenvalue weighted by atomic mass is 10.0. The summed E-state index contributed by atoms with van der Waals surface area (Å²) in [7, 11) is 0. The summed E-state index contributed by atoms with van der Waals surface area (Å²) in [6, 6.07) is 12.2. The largest absolute Gasteiger partial charge is 0.489 e. The molecule has 28 heavy (non-hydrogen) atoms. The number of alkyl halides is 3. The molecule has 9 heteroatoms. The Hall–Kier alpha value is -3.04. The molecule has 0 bridgehead atoms. The van der Waals surface area contributed by atoms with Crippen LogP contribution in [0, 0.1) is 22.7 Å². The molecule has 1 unspecified atom stereocenters. The highest BCUT2D eigenvalue weighted by Crippen LogP contribution is 2.29. The molecule has 0 radical (unpaired) electrons. The number of benzene rings is 2. The molecule has 2 aromatic carbocycles. The van der Waals surface area contributed by atoms with Gasteiger partial charge in [-0.05, 0) is 65.3 Å². The average Bonchev–Trinajstić information content (AvgIpc) is 2.66. The number of ether oxygens (including phenoxy) is 1. The van der Waals surface area contributed by atoms with Crippen LogP contribution in [0.25, 0.3) is 0 Å². The normalized spacial score (nSPS) is 13.0. The predicted molar refractivity (Wildman–Crippen MR) is 97.3 cm³/mol. The van der Waals surface area contributed by atoms with Crippen molar-refractivity contribution in [3.8, 4) is 17.9 Å². The Bertz CT molecular complexity index is 962. The Morgan fingerprint density at radius 3 is 2.36 bits per heavy atom. The Labute approximate surface area is 167 Å². The van der Waals surface area contributed by atoms with Crippen molar-refractivity contribution in [2.45, 2.75) is 18.6 Å². The molecule has 0 aliphatic carbocycles. The van der Waals surface area contributed by atoms with Crippen molar-refractivity contribution >= 4 is 21.8 Å². The zero-order valence-corrected chi connectivity index (χ0v) is 16.1. The van der Waals surface area contributed by atoms with Gasteiger partial charge in [0.15, 0.2) is 5.54 Å². The number of halogens is 4. The van der Waals surface area contributed by atoms with E-state index in [-0.39, 0.29) is 12.2 Å². The van der Waals surface area contributed by atoms with Gasteiger partial charge >= 0.3 is 6.18 Å². The van der Waals surface area contributed by atoms with E-state index < -0.39 is 23.2 Å². The van der Waals surface area contributed by atoms with E-state index in [9.17, 15) is 23.2 Å². The molecule has 0 spiro atoms. The molecule has 1 atom stereocenters. The number of rotatable bonds is 5. The number of nitrogens with zero attached hydrogens (tertiary/aromatic N) is 2. The fourth-order valence-corrected chi connectivity index (χ4v) is 2.50. The molecule has 144 valence electrons. The summed E-state index contributed by atoms with van der Waals surface area (Å²) in [4.78, 5) is 12.3. The summed E-state index contributed by atoms with van der Waals surface area (Å²) in [5, 5.41) is 20.8. The predicted octanol–water partition coefficient (Wildman–Crippen LogP) is 4.43. The first kappa shape index (κ1) is 21.3. The van der Waals surface area contributed by atoms with Crippen LogP contribution in [0.5, 0.6) is 5.75 Å². The first-order valence-corrected chi connectivity index (χ1v) is 8.61. The van der Waals surface area contributed by atoms with E-state index in [2.05, 4.69) is 21.2 Å². The summed E-state index contributed by atoms with van der Waals surface area (Å²) >= 11 is 3.26. The van der Waals surface area contributed by atoms with Crippen LogP contribution in [-0.2, 0) is 6.18 Å². The number of carbonyl (C=O) groups is 1. The van der Waals surface area contributed by atoms with E-state index in [1.807, 2.05) is 12.1 Å². The highest BCUT2D eigenvalue weighted by Gasteiger charge is 2.31. The van der Waals surface area contributed by atoms with Crippen LogP contribution in [0.15, 0.2) is 46.9 Å². The van der Waals surface area contributed by atoms with Crippen LogP contribution in [-0.4, -0.2) is 18.1 Å². The van der Waals surface area contributed by atoms with Crippen LogP contribution in [0.1, 0.15) is 28.4 Å². The number of nitrogens with one attached hydrogen (secondary N) is 1. The van der Waals surface area contributed by atoms with E-state index in [4.69, 9.17) is 10.00 Å². The lowest BCUT2D eigenvalue weighted by Crippen LogP contribution is -2.49. The first-order chi connectivity index (χ1) is 13.1. The van der Waals surface area contributed by atoms with Crippen LogP contribution in [0.3, 0.4) is 0 Å². The average molecular weight is 452 g/mol. The molecule has 0 fully saturated rings. The van der Waals surface area contributed by atoms with Crippen LogP contribution in [0.4, 0.5) is 13.2 Å². The molecule has 2 rings (SSSR count). The second-order valence-corrected chi connectivity index (χ2v) is 6.87. The minimum absolute atomic E-state index is 0.0258. The second kappa shape index (κ2) is 8.32. The molecule has 0 saturated heterocycles. The molecule has 0 heterocycles. The summed E-state index contributed by atoms with van der Waals surface area (Å²) in [5.41, 5.74) is -2.01. The molecule has 0 aliphatic rings. The summed E-state index contributed by atoms with van der Waals surface area (Å²) in [5.74, 6) is -0.407. The highest BCUT2D eigenvalue weighted by molar-refractivity contribution is 9.10. The maximum absolute atomic E-state index is 12.6. The molecule has 1 N–H and O–H groups in total. The summed E-state index contributed by atoms with van der Waals surface area (Å²) < 4.78 is 43.9. The molecule has 0 aliphatic heterocycles. The quantitative estimate of drug-likeness (QED) is 0.728. The van der Waals surface area contributed by atoms with Gasteiger partial charge in [-0.2, -0.15) is 23.7 Å². The van der Waals surface area contributed by atoms with Crippen molar-refractivity contribution in [2.24, 2.45) is 0 Å². The molecule has 5 nitrogen and oxygen atoms in total. The van der Waals surface area contributed by atoms with E-state index in [0.29, 0.717) is 15.8 Å². The lowest BCUT2D eigenvalue weighted by molar-refractivity contribution is -0.137. The van der Waals surface area contributed by atoms with Gasteiger partial charge in [-0.1, -0.05) is 0 Å². The SMILES string of the molecule is CC(C#N)(COc1cc(C#N)ccc1Br)NC(=O)c1ccc(C(F)(F)F)cc1. The zero-order valence-electron chi connectivity index (χ0n) is 14.5. The maximum atomic E-state index is 12.6. The fourth-order valence-electron chi connectivity index (χ4n) is 2.14. The van der Waals surface area contributed by atoms with Crippen molar-refractivity contribution < 1.29 is 22.7 Å². The van der Waals surface area contributed by atoms with Gasteiger partial charge < -0.3 is 10.1 Å². The molecule has 0 saturated carbocycles. The molecular weight excluding hydrogens is 439 g/mol. The van der Waals surface area contributed by atoms with Crippen molar-refractivity contribution in [3.63, 3.8) is 0 Å². The number of amides is 1. The van der Waals surface area contributed by atoms with Crippen LogP contribution < -0.4 is 10.1 Å². The smallest absolute Gasteiger partial charge is 0.416 e. The van der Waals surface area contributed by atoms with Gasteiger partial charge in [0.1, 0.15) is 12.4 Å². The molecular formula is C19H13BrF3N3O2. The summed E-state index contributed by atoms with van der Waals surface area (Å²) in [6.45, 7) is 1.17. The Morgan fingerprint density at radius 2 is 1.82 bits per heavy atom. The number of hydrogen-bond donors (Lipinski definition) is 1. The maximum Gasteiger partial charge on any atom is 0.416 e. The summed E-state index contributed by atoms with van der Waals surface area (Å²) in [6.07, 6.45) is -4.50. The molecule has 1 amide bonds. The molecule has 2 aromatic rings. The van der Waals surface area contributed by atoms with Gasteiger partial charge in [-0.3, -0.25) is 4.79 Å². The van der Waals surface area contributed by atoms with Gasteiger partial charge in [-0.15, -0.1) is 0 Å². The van der Waals surface area contributed by atoms with Crippen molar-refractivity contribution in [1.29, 1.82) is 10.5 Å². The number of nitriles is 2. The van der Waals surface area contributed by atoms with Gasteiger partial charge in [-0.25, -0.2) is 0 Å². The lowest BCUT2D eigenvalue weighted by Gasteiger charge is -2.24. The third kappa shape index (κ3) is 5.24. The minimum Gasteiger partial charge on any atom is -0.489 e. The monoisotopic (exact) mass is 451 g/mol. The van der Waals surface area contributed by atoms with Crippen molar-refractivity contribution in [2.75, 3.05) is 6.61 Å². The van der Waals surface area contributed by atoms with Crippen LogP contribution in [0.2, 0.25) is 0 Å². The second-order valence-electron chi connectivity index (χ2n) is 6.02. The van der Waals surface area contributed by atoms with E-state index in [1.54, 1.807) is 12.1 Å². The number of carbonyl (C=O) groups excluding carboxylic acids is 1. The van der Waals surface area contributed by atoms with Crippen molar-refractivity contribution in [1.82, 2.24) is 5.32 Å². The van der Waals surface area contributed by atoms with E-state index in [1.165, 1.54) is 13.0 Å². The minimum atomic E-state index is -4.50. The first-order valence-electron chi connectivity index (χ1n) is 7.81. The fraction of sp³-hybridized carbons (Fsp3) is 0.211. The van der Waals surface area contributed by atoms with Gasteiger partial charge in [0.25, 0.3) is 5.91 Å². The third-order valence-corrected chi connectivity index (χ3v) is 4.34. The van der Waals surface area contributed by atoms with Crippen LogP contribution >= 0.6 is 15.9 Å². The topological polar surface area (TPSA) is 85.9 Å². The number of hydrogen-bond acceptors (Lipinski definition) is 4. The Kier molecular flexibility index (Phi) is 6.32. The highest BCUT2D eigenvalue weighted by atomic mass is 79.9. The van der Waals surface area contributed by atoms with Gasteiger partial charge in [0.05, 0.1) is 27.7 Å². The third-order valence-electron chi connectivity index (χ3n) is 3.69. The Morgan fingerprint density at radius 1 is 1.18 bits per heavy atom. The van der Waals surface area contributed by atoms with Gasteiger partial charge in [0, 0.05) is 5.56 Å². The van der Waals surface area contributed by atoms with Crippen molar-refractivity contribution in [3.05, 3.63) is 63.6 Å². The van der Waals surface area contributed by atoms with E-state index in [0.717, 1.165) is 24.3 Å². The van der Waals surface area contributed by atoms with Gasteiger partial charge in [0.2, 0.25) is 0 Å². The standard InChI is InChI=1S/C19H13BrF3N3O2/c1-18(10-25,11-28-16-8-12(9-24)2-7-15(16)20)26-17(27)13-3-5-14(6-4-13)19(21,22)23/h2-8H,11H2,1H3,(H,26,27). The Balaban J connectivity index is 2.11. The zero-order chi connectivity index (χ0) is 20.9. The van der Waals surface area contributed by atoms with E-state index >= 15 is 0 Å². The molecule has 0 aromatic heterocycles.